The molecular formula is C13H23N3S2. The number of aromatic nitrogens is 2. The Kier molecular flexibility index (Phi) is 5.45. The minimum atomic E-state index is 0.373. The first kappa shape index (κ1) is 14.3. The monoisotopic (exact) mass is 285 g/mol. The summed E-state index contributed by atoms with van der Waals surface area (Å²) in [6.45, 7) is 5.63. The third kappa shape index (κ3) is 3.25. The zero-order valence-corrected chi connectivity index (χ0v) is 13.1. The van der Waals surface area contributed by atoms with Gasteiger partial charge in [0.2, 0.25) is 0 Å². The van der Waals surface area contributed by atoms with Gasteiger partial charge in [-0.25, -0.2) is 4.98 Å². The van der Waals surface area contributed by atoms with Gasteiger partial charge in [-0.05, 0) is 13.0 Å². The Balaban J connectivity index is 2.16. The summed E-state index contributed by atoms with van der Waals surface area (Å²) in [7, 11) is 2.09. The first-order valence-corrected chi connectivity index (χ1v) is 8.77. The summed E-state index contributed by atoms with van der Waals surface area (Å²) >= 11 is 4.19. The van der Waals surface area contributed by atoms with E-state index in [4.69, 9.17) is 0 Å². The van der Waals surface area contributed by atoms with E-state index in [2.05, 4.69) is 59.3 Å². The highest BCUT2D eigenvalue weighted by Gasteiger charge is 2.33. The zero-order chi connectivity index (χ0) is 13.0. The molecule has 1 aromatic rings. The molecular weight excluding hydrogens is 262 g/mol. The molecule has 5 heteroatoms. The van der Waals surface area contributed by atoms with Crippen LogP contribution in [0.3, 0.4) is 0 Å². The van der Waals surface area contributed by atoms with Crippen molar-refractivity contribution < 1.29 is 0 Å². The van der Waals surface area contributed by atoms with Gasteiger partial charge in [0.25, 0.3) is 0 Å². The third-order valence-corrected chi connectivity index (χ3v) is 6.51. The lowest BCUT2D eigenvalue weighted by Gasteiger charge is -2.34. The molecule has 3 atom stereocenters. The lowest BCUT2D eigenvalue weighted by molar-refractivity contribution is 0.474. The molecule has 18 heavy (non-hydrogen) atoms. The number of aryl methyl sites for hydroxylation is 1. The van der Waals surface area contributed by atoms with Crippen LogP contribution < -0.4 is 5.32 Å². The summed E-state index contributed by atoms with van der Waals surface area (Å²) in [5.74, 6) is 3.72. The van der Waals surface area contributed by atoms with E-state index in [9.17, 15) is 0 Å². The summed E-state index contributed by atoms with van der Waals surface area (Å²) in [4.78, 5) is 4.56. The smallest absolute Gasteiger partial charge is 0.126 e. The van der Waals surface area contributed by atoms with E-state index in [-0.39, 0.29) is 0 Å². The maximum absolute atomic E-state index is 4.56. The highest BCUT2D eigenvalue weighted by Crippen LogP contribution is 2.38. The number of hydrogen-bond donors (Lipinski definition) is 1. The number of nitrogens with zero attached hydrogens (tertiary/aromatic N) is 2. The van der Waals surface area contributed by atoms with Crippen LogP contribution in [0, 0.1) is 0 Å². The molecule has 0 spiro atoms. The van der Waals surface area contributed by atoms with Crippen LogP contribution in [-0.2, 0) is 7.05 Å². The van der Waals surface area contributed by atoms with Gasteiger partial charge in [0, 0.05) is 41.4 Å². The van der Waals surface area contributed by atoms with E-state index in [1.54, 1.807) is 0 Å². The molecule has 0 aliphatic carbocycles. The predicted octanol–water partition coefficient (Wildman–Crippen LogP) is 2.70. The Morgan fingerprint density at radius 2 is 2.28 bits per heavy atom. The number of imidazole rings is 1. The summed E-state index contributed by atoms with van der Waals surface area (Å²) in [6.07, 6.45) is 5.11. The quantitative estimate of drug-likeness (QED) is 0.901. The number of thioether (sulfide) groups is 2. The van der Waals surface area contributed by atoms with Gasteiger partial charge in [-0.15, -0.1) is 0 Å². The normalized spacial score (nSPS) is 26.2. The first-order valence-electron chi connectivity index (χ1n) is 6.67. The molecule has 2 rings (SSSR count). The van der Waals surface area contributed by atoms with Gasteiger partial charge in [0.05, 0.1) is 6.04 Å². The Labute approximate surface area is 119 Å². The number of hydrogen-bond acceptors (Lipinski definition) is 4. The van der Waals surface area contributed by atoms with E-state index in [1.807, 2.05) is 12.4 Å². The molecule has 3 nitrogen and oxygen atoms in total. The summed E-state index contributed by atoms with van der Waals surface area (Å²) in [5, 5.41) is 5.01. The molecule has 1 fully saturated rings. The third-order valence-electron chi connectivity index (χ3n) is 3.32. The lowest BCUT2D eigenvalue weighted by atomic mass is 10.1. The summed E-state index contributed by atoms with van der Waals surface area (Å²) in [6, 6.07) is 0.373. The standard InChI is InChI=1S/C13H23N3S2/c1-4-5-14-11(13-15-6-7-16(13)3)12-10(2)17-8-9-18-12/h6-7,10-12,14H,4-5,8-9H2,1-3H3. The highest BCUT2D eigenvalue weighted by molar-refractivity contribution is 8.07. The lowest BCUT2D eigenvalue weighted by Crippen LogP contribution is -2.39. The molecule has 2 heterocycles. The van der Waals surface area contributed by atoms with E-state index < -0.39 is 0 Å². The zero-order valence-electron chi connectivity index (χ0n) is 11.4. The summed E-state index contributed by atoms with van der Waals surface area (Å²) < 4.78 is 2.15. The molecule has 0 saturated carbocycles. The van der Waals surface area contributed by atoms with Gasteiger partial charge < -0.3 is 9.88 Å². The molecule has 1 aliphatic heterocycles. The Morgan fingerprint density at radius 3 is 2.89 bits per heavy atom. The van der Waals surface area contributed by atoms with E-state index in [0.717, 1.165) is 6.54 Å². The van der Waals surface area contributed by atoms with Gasteiger partial charge in [-0.1, -0.05) is 13.8 Å². The minimum Gasteiger partial charge on any atom is -0.337 e. The largest absolute Gasteiger partial charge is 0.337 e. The van der Waals surface area contributed by atoms with Gasteiger partial charge in [0.15, 0.2) is 0 Å². The van der Waals surface area contributed by atoms with Crippen molar-refractivity contribution in [2.75, 3.05) is 18.1 Å². The van der Waals surface area contributed by atoms with Crippen molar-refractivity contribution in [1.82, 2.24) is 14.9 Å². The number of rotatable bonds is 5. The van der Waals surface area contributed by atoms with E-state index in [0.29, 0.717) is 16.5 Å². The van der Waals surface area contributed by atoms with E-state index in [1.165, 1.54) is 23.8 Å². The van der Waals surface area contributed by atoms with Crippen molar-refractivity contribution in [2.45, 2.75) is 36.8 Å². The van der Waals surface area contributed by atoms with Crippen LogP contribution in [0.2, 0.25) is 0 Å². The second-order valence-electron chi connectivity index (χ2n) is 4.74. The summed E-state index contributed by atoms with van der Waals surface area (Å²) in [5.41, 5.74) is 0. The van der Waals surface area contributed by atoms with Crippen molar-refractivity contribution in [2.24, 2.45) is 7.05 Å². The molecule has 1 saturated heterocycles. The van der Waals surface area contributed by atoms with Crippen molar-refractivity contribution >= 4 is 23.5 Å². The van der Waals surface area contributed by atoms with Crippen LogP contribution in [0.1, 0.15) is 32.1 Å². The molecule has 0 bridgehead atoms. The van der Waals surface area contributed by atoms with Gasteiger partial charge in [0.1, 0.15) is 5.82 Å². The fraction of sp³-hybridized carbons (Fsp3) is 0.769. The van der Waals surface area contributed by atoms with Gasteiger partial charge in [-0.3, -0.25) is 0 Å². The second-order valence-corrected chi connectivity index (χ2v) is 7.51. The molecule has 1 aliphatic rings. The molecule has 0 amide bonds. The fourth-order valence-electron chi connectivity index (χ4n) is 2.35. The van der Waals surface area contributed by atoms with E-state index >= 15 is 0 Å². The maximum atomic E-state index is 4.56. The number of nitrogens with one attached hydrogen (secondary N) is 1. The maximum Gasteiger partial charge on any atom is 0.126 e. The Morgan fingerprint density at radius 1 is 1.50 bits per heavy atom. The average Bonchev–Trinajstić information content (AvgIpc) is 2.78. The molecule has 0 aromatic carbocycles. The van der Waals surface area contributed by atoms with Crippen LogP contribution in [-0.4, -0.2) is 38.1 Å². The van der Waals surface area contributed by atoms with Gasteiger partial charge in [-0.2, -0.15) is 23.5 Å². The molecule has 102 valence electrons. The predicted molar refractivity (Wildman–Crippen MR) is 82.4 cm³/mol. The molecule has 0 radical (unpaired) electrons. The Hall–Kier alpha value is -0.130. The Bertz CT molecular complexity index is 367. The van der Waals surface area contributed by atoms with Crippen LogP contribution in [0.15, 0.2) is 12.4 Å². The molecule has 1 aromatic heterocycles. The highest BCUT2D eigenvalue weighted by atomic mass is 32.2. The minimum absolute atomic E-state index is 0.373. The van der Waals surface area contributed by atoms with Crippen LogP contribution in [0.4, 0.5) is 0 Å². The van der Waals surface area contributed by atoms with Crippen LogP contribution >= 0.6 is 23.5 Å². The van der Waals surface area contributed by atoms with Crippen molar-refractivity contribution in [3.8, 4) is 0 Å². The topological polar surface area (TPSA) is 29.9 Å². The van der Waals surface area contributed by atoms with Crippen molar-refractivity contribution in [1.29, 1.82) is 0 Å². The molecule has 1 N–H and O–H groups in total. The fourth-order valence-corrected chi connectivity index (χ4v) is 5.26. The second kappa shape index (κ2) is 6.87. The van der Waals surface area contributed by atoms with Crippen molar-refractivity contribution in [3.63, 3.8) is 0 Å². The first-order chi connectivity index (χ1) is 8.74. The van der Waals surface area contributed by atoms with Gasteiger partial charge >= 0.3 is 0 Å². The average molecular weight is 285 g/mol. The van der Waals surface area contributed by atoms with Crippen LogP contribution in [0.25, 0.3) is 0 Å². The SMILES string of the molecule is CCCNC(c1nccn1C)C1SCCSC1C. The molecule has 3 unspecified atom stereocenters. The van der Waals surface area contributed by atoms with Crippen molar-refractivity contribution in [3.05, 3.63) is 18.2 Å². The van der Waals surface area contributed by atoms with Crippen LogP contribution in [0.5, 0.6) is 0 Å².